The van der Waals surface area contributed by atoms with E-state index in [1.807, 2.05) is 30.3 Å². The van der Waals surface area contributed by atoms with E-state index in [1.165, 1.54) is 30.3 Å². The second-order valence-electron chi connectivity index (χ2n) is 5.46. The predicted molar refractivity (Wildman–Crippen MR) is 91.3 cm³/mol. The molecule has 0 spiro atoms. The summed E-state index contributed by atoms with van der Waals surface area (Å²) >= 11 is 1.46. The standard InChI is InChI=1S/C17H14N4OS/c22-14(19-17-21-20-16(23-17)13-6-7-13)9-8-12-4-1-3-11-5-2-10-18-15(11)12/h1-5,8-10,13H,6-7H2,(H,19,21,22)/b9-8+. The zero-order chi connectivity index (χ0) is 15.6. The maximum absolute atomic E-state index is 12.0. The molecule has 0 aliphatic heterocycles. The second kappa shape index (κ2) is 5.89. The summed E-state index contributed by atoms with van der Waals surface area (Å²) in [5.41, 5.74) is 1.79. The molecule has 5 nitrogen and oxygen atoms in total. The number of aromatic nitrogens is 3. The van der Waals surface area contributed by atoms with Crippen LogP contribution in [-0.4, -0.2) is 21.1 Å². The maximum atomic E-state index is 12.0. The van der Waals surface area contributed by atoms with Gasteiger partial charge in [0.25, 0.3) is 0 Å². The van der Waals surface area contributed by atoms with Gasteiger partial charge in [-0.15, -0.1) is 10.2 Å². The number of benzene rings is 1. The van der Waals surface area contributed by atoms with Crippen LogP contribution in [0.1, 0.15) is 29.3 Å². The third kappa shape index (κ3) is 3.12. The molecule has 0 saturated heterocycles. The molecule has 1 aromatic carbocycles. The molecule has 1 fully saturated rings. The Morgan fingerprint density at radius 3 is 2.96 bits per heavy atom. The Balaban J connectivity index is 1.49. The number of nitrogens with zero attached hydrogens (tertiary/aromatic N) is 3. The van der Waals surface area contributed by atoms with E-state index in [-0.39, 0.29) is 5.91 Å². The van der Waals surface area contributed by atoms with Gasteiger partial charge in [0, 0.05) is 29.1 Å². The van der Waals surface area contributed by atoms with Gasteiger partial charge in [-0.25, -0.2) is 0 Å². The van der Waals surface area contributed by atoms with E-state index in [1.54, 1.807) is 12.3 Å². The monoisotopic (exact) mass is 322 g/mol. The molecule has 1 aliphatic rings. The van der Waals surface area contributed by atoms with Gasteiger partial charge in [0.15, 0.2) is 0 Å². The molecule has 1 saturated carbocycles. The van der Waals surface area contributed by atoms with Crippen LogP contribution in [0.3, 0.4) is 0 Å². The Bertz CT molecular complexity index is 893. The number of pyridine rings is 1. The third-order valence-corrected chi connectivity index (χ3v) is 4.68. The van der Waals surface area contributed by atoms with Crippen LogP contribution in [0.15, 0.2) is 42.6 Å². The van der Waals surface area contributed by atoms with Crippen molar-refractivity contribution in [1.29, 1.82) is 0 Å². The van der Waals surface area contributed by atoms with Gasteiger partial charge in [0.1, 0.15) is 5.01 Å². The van der Waals surface area contributed by atoms with Gasteiger partial charge in [-0.05, 0) is 25.0 Å². The first-order chi connectivity index (χ1) is 11.3. The number of carbonyl (C=O) groups is 1. The lowest BCUT2D eigenvalue weighted by atomic mass is 10.1. The van der Waals surface area contributed by atoms with E-state index in [2.05, 4.69) is 20.5 Å². The van der Waals surface area contributed by atoms with E-state index in [0.717, 1.165) is 21.5 Å². The number of amides is 1. The Hall–Kier alpha value is -2.60. The van der Waals surface area contributed by atoms with E-state index in [0.29, 0.717) is 11.0 Å². The van der Waals surface area contributed by atoms with E-state index >= 15 is 0 Å². The van der Waals surface area contributed by atoms with Crippen LogP contribution < -0.4 is 5.32 Å². The first kappa shape index (κ1) is 14.0. The van der Waals surface area contributed by atoms with Crippen molar-refractivity contribution in [2.24, 2.45) is 0 Å². The third-order valence-electron chi connectivity index (χ3n) is 3.68. The highest BCUT2D eigenvalue weighted by atomic mass is 32.1. The molecular formula is C17H14N4OS. The van der Waals surface area contributed by atoms with Crippen molar-refractivity contribution in [3.63, 3.8) is 0 Å². The molecule has 1 amide bonds. The van der Waals surface area contributed by atoms with Crippen LogP contribution in [0, 0.1) is 0 Å². The molecule has 0 radical (unpaired) electrons. The van der Waals surface area contributed by atoms with Crippen LogP contribution in [0.5, 0.6) is 0 Å². The Labute approximate surface area is 137 Å². The number of rotatable bonds is 4. The number of hydrogen-bond donors (Lipinski definition) is 1. The Kier molecular flexibility index (Phi) is 3.59. The number of para-hydroxylation sites is 1. The molecule has 114 valence electrons. The average molecular weight is 322 g/mol. The van der Waals surface area contributed by atoms with Crippen LogP contribution in [0.4, 0.5) is 5.13 Å². The second-order valence-corrected chi connectivity index (χ2v) is 6.47. The Morgan fingerprint density at radius 2 is 2.09 bits per heavy atom. The lowest BCUT2D eigenvalue weighted by Crippen LogP contribution is -2.07. The van der Waals surface area contributed by atoms with Crippen LogP contribution >= 0.6 is 11.3 Å². The van der Waals surface area contributed by atoms with Crippen molar-refractivity contribution >= 4 is 39.4 Å². The zero-order valence-corrected chi connectivity index (χ0v) is 13.1. The molecule has 4 rings (SSSR count). The number of hydrogen-bond acceptors (Lipinski definition) is 5. The highest BCUT2D eigenvalue weighted by Crippen LogP contribution is 2.42. The summed E-state index contributed by atoms with van der Waals surface area (Å²) in [4.78, 5) is 16.4. The van der Waals surface area contributed by atoms with Crippen molar-refractivity contribution in [1.82, 2.24) is 15.2 Å². The Morgan fingerprint density at radius 1 is 1.22 bits per heavy atom. The first-order valence-electron chi connectivity index (χ1n) is 7.46. The number of fused-ring (bicyclic) bond motifs is 1. The largest absolute Gasteiger partial charge is 0.297 e. The van der Waals surface area contributed by atoms with E-state index in [9.17, 15) is 4.79 Å². The molecule has 0 atom stereocenters. The quantitative estimate of drug-likeness (QED) is 0.745. The van der Waals surface area contributed by atoms with E-state index < -0.39 is 0 Å². The summed E-state index contributed by atoms with van der Waals surface area (Å²) in [6.45, 7) is 0. The molecule has 0 unspecified atom stereocenters. The highest BCUT2D eigenvalue weighted by Gasteiger charge is 2.27. The van der Waals surface area contributed by atoms with Gasteiger partial charge in [-0.1, -0.05) is 35.6 Å². The van der Waals surface area contributed by atoms with Gasteiger partial charge < -0.3 is 0 Å². The summed E-state index contributed by atoms with van der Waals surface area (Å²) in [5, 5.41) is 13.5. The predicted octanol–water partition coefficient (Wildman–Crippen LogP) is 3.62. The van der Waals surface area contributed by atoms with Gasteiger partial charge >= 0.3 is 0 Å². The van der Waals surface area contributed by atoms with Gasteiger partial charge in [0.05, 0.1) is 5.52 Å². The minimum Gasteiger partial charge on any atom is -0.297 e. The number of anilines is 1. The topological polar surface area (TPSA) is 67.8 Å². The van der Waals surface area contributed by atoms with Crippen molar-refractivity contribution in [2.45, 2.75) is 18.8 Å². The summed E-state index contributed by atoms with van der Waals surface area (Å²) in [6, 6.07) is 9.79. The molecule has 2 aromatic heterocycles. The van der Waals surface area contributed by atoms with Gasteiger partial charge in [-0.2, -0.15) is 0 Å². The van der Waals surface area contributed by atoms with Crippen LogP contribution in [0.2, 0.25) is 0 Å². The number of nitrogens with one attached hydrogen (secondary N) is 1. The summed E-state index contributed by atoms with van der Waals surface area (Å²) in [6.07, 6.45) is 7.38. The summed E-state index contributed by atoms with van der Waals surface area (Å²) in [5.74, 6) is 0.340. The van der Waals surface area contributed by atoms with Crippen molar-refractivity contribution in [3.8, 4) is 0 Å². The normalized spacial score (nSPS) is 14.4. The first-order valence-corrected chi connectivity index (χ1v) is 8.27. The fraction of sp³-hybridized carbons (Fsp3) is 0.176. The van der Waals surface area contributed by atoms with E-state index in [4.69, 9.17) is 0 Å². The molecule has 0 bridgehead atoms. The lowest BCUT2D eigenvalue weighted by Gasteiger charge is -2.00. The molecule has 6 heteroatoms. The van der Waals surface area contributed by atoms with Crippen molar-refractivity contribution in [3.05, 3.63) is 53.2 Å². The summed E-state index contributed by atoms with van der Waals surface area (Å²) in [7, 11) is 0. The lowest BCUT2D eigenvalue weighted by molar-refractivity contribution is -0.111. The van der Waals surface area contributed by atoms with Gasteiger partial charge in [-0.3, -0.25) is 15.1 Å². The SMILES string of the molecule is O=C(/C=C/c1cccc2cccnc12)Nc1nnc(C2CC2)s1. The smallest absolute Gasteiger partial charge is 0.250 e. The van der Waals surface area contributed by atoms with Crippen molar-refractivity contribution < 1.29 is 4.79 Å². The van der Waals surface area contributed by atoms with Crippen LogP contribution in [0.25, 0.3) is 17.0 Å². The molecule has 3 aromatic rings. The summed E-state index contributed by atoms with van der Waals surface area (Å²) < 4.78 is 0. The zero-order valence-electron chi connectivity index (χ0n) is 12.3. The molecular weight excluding hydrogens is 308 g/mol. The minimum atomic E-state index is -0.212. The highest BCUT2D eigenvalue weighted by molar-refractivity contribution is 7.15. The van der Waals surface area contributed by atoms with Crippen molar-refractivity contribution in [2.75, 3.05) is 5.32 Å². The fourth-order valence-electron chi connectivity index (χ4n) is 2.36. The van der Waals surface area contributed by atoms with Gasteiger partial charge in [0.2, 0.25) is 11.0 Å². The minimum absolute atomic E-state index is 0.212. The van der Waals surface area contributed by atoms with Crippen LogP contribution in [-0.2, 0) is 4.79 Å². The average Bonchev–Trinajstić information content (AvgIpc) is 3.33. The fourth-order valence-corrected chi connectivity index (χ4v) is 3.27. The number of carbonyl (C=O) groups excluding carboxylic acids is 1. The molecule has 1 N–H and O–H groups in total. The maximum Gasteiger partial charge on any atom is 0.250 e. The molecule has 23 heavy (non-hydrogen) atoms. The molecule has 2 heterocycles. The molecule has 1 aliphatic carbocycles.